The second-order valence-electron chi connectivity index (χ2n) is 3.70. The Kier molecular flexibility index (Phi) is 5.63. The van der Waals surface area contributed by atoms with E-state index in [4.69, 9.17) is 0 Å². The van der Waals surface area contributed by atoms with Gasteiger partial charge in [0.15, 0.2) is 0 Å². The third-order valence-electron chi connectivity index (χ3n) is 2.17. The van der Waals surface area contributed by atoms with E-state index in [2.05, 4.69) is 20.9 Å². The first-order chi connectivity index (χ1) is 8.63. The highest BCUT2D eigenvalue weighted by molar-refractivity contribution is 5.94. The van der Waals surface area contributed by atoms with Crippen LogP contribution in [0.3, 0.4) is 0 Å². The number of nitrogens with one attached hydrogen (secondary N) is 3. The first-order valence-electron chi connectivity index (χ1n) is 5.86. The van der Waals surface area contributed by atoms with E-state index in [1.807, 2.05) is 6.92 Å². The molecule has 0 spiro atoms. The van der Waals surface area contributed by atoms with Crippen LogP contribution in [0.15, 0.2) is 18.3 Å². The molecule has 1 rings (SSSR count). The van der Waals surface area contributed by atoms with Gasteiger partial charge in [-0.15, -0.1) is 0 Å². The maximum absolute atomic E-state index is 11.7. The molecule has 1 aromatic heterocycles. The summed E-state index contributed by atoms with van der Waals surface area (Å²) in [5.41, 5.74) is 0.500. The Hall–Kier alpha value is -2.11. The molecule has 6 nitrogen and oxygen atoms in total. The number of pyridine rings is 1. The number of amides is 2. The standard InChI is InChI=1S/C12H18N4O2/c1-3-13-11-5-4-10(8-16-11)12(18)15-7-6-14-9(2)17/h4-5,8H,3,6-7H2,1-2H3,(H,13,16)(H,14,17)(H,15,18). The zero-order chi connectivity index (χ0) is 13.4. The Morgan fingerprint density at radius 2 is 1.94 bits per heavy atom. The molecular weight excluding hydrogens is 232 g/mol. The van der Waals surface area contributed by atoms with Gasteiger partial charge in [-0.1, -0.05) is 0 Å². The molecule has 1 heterocycles. The zero-order valence-corrected chi connectivity index (χ0v) is 10.6. The zero-order valence-electron chi connectivity index (χ0n) is 10.6. The van der Waals surface area contributed by atoms with Crippen LogP contribution in [0.4, 0.5) is 5.82 Å². The maximum Gasteiger partial charge on any atom is 0.252 e. The quantitative estimate of drug-likeness (QED) is 0.637. The third kappa shape index (κ3) is 4.82. The van der Waals surface area contributed by atoms with Gasteiger partial charge in [0.2, 0.25) is 5.91 Å². The van der Waals surface area contributed by atoms with Crippen LogP contribution < -0.4 is 16.0 Å². The summed E-state index contributed by atoms with van der Waals surface area (Å²) in [6, 6.07) is 3.46. The number of hydrogen-bond donors (Lipinski definition) is 3. The van der Waals surface area contributed by atoms with Gasteiger partial charge in [-0.05, 0) is 19.1 Å². The van der Waals surface area contributed by atoms with Crippen LogP contribution in [-0.2, 0) is 4.79 Å². The Bertz CT molecular complexity index is 403. The molecule has 0 bridgehead atoms. The molecule has 98 valence electrons. The number of carbonyl (C=O) groups excluding carboxylic acids is 2. The van der Waals surface area contributed by atoms with Crippen LogP contribution in [0.5, 0.6) is 0 Å². The van der Waals surface area contributed by atoms with Gasteiger partial charge in [-0.25, -0.2) is 4.98 Å². The molecule has 0 fully saturated rings. The van der Waals surface area contributed by atoms with Crippen molar-refractivity contribution in [2.24, 2.45) is 0 Å². The molecule has 0 atom stereocenters. The average molecular weight is 250 g/mol. The Labute approximate surface area is 106 Å². The smallest absolute Gasteiger partial charge is 0.252 e. The molecule has 18 heavy (non-hydrogen) atoms. The largest absolute Gasteiger partial charge is 0.370 e. The minimum Gasteiger partial charge on any atom is -0.370 e. The van der Waals surface area contributed by atoms with Gasteiger partial charge in [0, 0.05) is 32.8 Å². The van der Waals surface area contributed by atoms with Crippen molar-refractivity contribution in [1.82, 2.24) is 15.6 Å². The maximum atomic E-state index is 11.7. The Morgan fingerprint density at radius 1 is 1.22 bits per heavy atom. The molecule has 0 aliphatic rings. The van der Waals surface area contributed by atoms with Crippen LogP contribution in [0, 0.1) is 0 Å². The van der Waals surface area contributed by atoms with Crippen molar-refractivity contribution in [3.63, 3.8) is 0 Å². The molecule has 3 N–H and O–H groups in total. The predicted molar refractivity (Wildman–Crippen MR) is 69.4 cm³/mol. The van der Waals surface area contributed by atoms with Crippen molar-refractivity contribution in [2.75, 3.05) is 25.0 Å². The second kappa shape index (κ2) is 7.26. The third-order valence-corrected chi connectivity index (χ3v) is 2.17. The minimum atomic E-state index is -0.198. The van der Waals surface area contributed by atoms with Gasteiger partial charge in [0.1, 0.15) is 5.82 Å². The SMILES string of the molecule is CCNc1ccc(C(=O)NCCNC(C)=O)cn1. The summed E-state index contributed by atoms with van der Waals surface area (Å²) in [4.78, 5) is 26.4. The number of carbonyl (C=O) groups is 2. The van der Waals surface area contributed by atoms with Gasteiger partial charge in [0.05, 0.1) is 5.56 Å². The molecule has 0 aliphatic heterocycles. The lowest BCUT2D eigenvalue weighted by molar-refractivity contribution is -0.118. The molecule has 0 radical (unpaired) electrons. The van der Waals surface area contributed by atoms with Crippen molar-refractivity contribution < 1.29 is 9.59 Å². The average Bonchev–Trinajstić information content (AvgIpc) is 2.35. The van der Waals surface area contributed by atoms with Crippen molar-refractivity contribution in [2.45, 2.75) is 13.8 Å². The molecule has 0 aromatic carbocycles. The molecular formula is C12H18N4O2. The Morgan fingerprint density at radius 3 is 2.50 bits per heavy atom. The summed E-state index contributed by atoms with van der Waals surface area (Å²) in [6.07, 6.45) is 1.52. The van der Waals surface area contributed by atoms with Gasteiger partial charge in [0.25, 0.3) is 5.91 Å². The van der Waals surface area contributed by atoms with Gasteiger partial charge >= 0.3 is 0 Å². The molecule has 6 heteroatoms. The molecule has 0 saturated carbocycles. The van der Waals surface area contributed by atoms with Gasteiger partial charge in [-0.3, -0.25) is 9.59 Å². The lowest BCUT2D eigenvalue weighted by atomic mass is 10.2. The van der Waals surface area contributed by atoms with Crippen LogP contribution in [-0.4, -0.2) is 36.4 Å². The summed E-state index contributed by atoms with van der Waals surface area (Å²) in [5.74, 6) is 0.434. The van der Waals surface area contributed by atoms with Gasteiger partial charge < -0.3 is 16.0 Å². The highest BCUT2D eigenvalue weighted by atomic mass is 16.2. The fourth-order valence-electron chi connectivity index (χ4n) is 1.33. The summed E-state index contributed by atoms with van der Waals surface area (Å²) >= 11 is 0. The van der Waals surface area contributed by atoms with Crippen molar-refractivity contribution in [3.05, 3.63) is 23.9 Å². The van der Waals surface area contributed by atoms with E-state index in [-0.39, 0.29) is 11.8 Å². The number of anilines is 1. The van der Waals surface area contributed by atoms with Crippen LogP contribution in [0.25, 0.3) is 0 Å². The first-order valence-corrected chi connectivity index (χ1v) is 5.86. The molecule has 2 amide bonds. The number of nitrogens with zero attached hydrogens (tertiary/aromatic N) is 1. The second-order valence-corrected chi connectivity index (χ2v) is 3.70. The van der Waals surface area contributed by atoms with Crippen molar-refractivity contribution >= 4 is 17.6 Å². The summed E-state index contributed by atoms with van der Waals surface area (Å²) in [6.45, 7) is 5.02. The minimum absolute atomic E-state index is 0.110. The fraction of sp³-hybridized carbons (Fsp3) is 0.417. The molecule has 0 saturated heterocycles. The highest BCUT2D eigenvalue weighted by Gasteiger charge is 2.05. The van der Waals surface area contributed by atoms with E-state index in [1.165, 1.54) is 13.1 Å². The van der Waals surface area contributed by atoms with E-state index in [0.29, 0.717) is 18.7 Å². The Balaban J connectivity index is 2.39. The number of rotatable bonds is 6. The lowest BCUT2D eigenvalue weighted by Crippen LogP contribution is -2.33. The van der Waals surface area contributed by atoms with Crippen molar-refractivity contribution in [1.29, 1.82) is 0 Å². The number of hydrogen-bond acceptors (Lipinski definition) is 4. The van der Waals surface area contributed by atoms with E-state index < -0.39 is 0 Å². The van der Waals surface area contributed by atoms with Crippen LogP contribution in [0.1, 0.15) is 24.2 Å². The van der Waals surface area contributed by atoms with E-state index >= 15 is 0 Å². The number of aromatic nitrogens is 1. The normalized spacial score (nSPS) is 9.67. The molecule has 0 unspecified atom stereocenters. The predicted octanol–water partition coefficient (Wildman–Crippen LogP) is 0.379. The van der Waals surface area contributed by atoms with E-state index in [1.54, 1.807) is 12.1 Å². The van der Waals surface area contributed by atoms with Crippen molar-refractivity contribution in [3.8, 4) is 0 Å². The topological polar surface area (TPSA) is 83.1 Å². The highest BCUT2D eigenvalue weighted by Crippen LogP contribution is 2.04. The van der Waals surface area contributed by atoms with E-state index in [0.717, 1.165) is 12.4 Å². The van der Waals surface area contributed by atoms with E-state index in [9.17, 15) is 9.59 Å². The summed E-state index contributed by atoms with van der Waals surface area (Å²) < 4.78 is 0. The monoisotopic (exact) mass is 250 g/mol. The summed E-state index contributed by atoms with van der Waals surface area (Å²) in [7, 11) is 0. The summed E-state index contributed by atoms with van der Waals surface area (Å²) in [5, 5.41) is 8.34. The fourth-order valence-corrected chi connectivity index (χ4v) is 1.33. The van der Waals surface area contributed by atoms with Crippen LogP contribution >= 0.6 is 0 Å². The first kappa shape index (κ1) is 14.0. The van der Waals surface area contributed by atoms with Crippen LogP contribution in [0.2, 0.25) is 0 Å². The lowest BCUT2D eigenvalue weighted by Gasteiger charge is -2.06. The molecule has 1 aromatic rings. The molecule has 0 aliphatic carbocycles. The van der Waals surface area contributed by atoms with Gasteiger partial charge in [-0.2, -0.15) is 0 Å².